The van der Waals surface area contributed by atoms with E-state index in [9.17, 15) is 9.59 Å². The first-order valence-electron chi connectivity index (χ1n) is 8.05. The van der Waals surface area contributed by atoms with Crippen molar-refractivity contribution < 1.29 is 9.53 Å². The average Bonchev–Trinajstić information content (AvgIpc) is 2.98. The van der Waals surface area contributed by atoms with Gasteiger partial charge >= 0.3 is 0 Å². The Balaban J connectivity index is 2.17. The van der Waals surface area contributed by atoms with E-state index in [0.29, 0.717) is 24.2 Å². The SMILES string of the molecule is COc1ccc(-c2csc3nc(C)n(CCC(C)=O)c(=O)c23)cc1C. The standard InChI is InChI=1S/C19H20N2O3S/c1-11-9-14(5-6-16(11)24-4)15-10-25-18-17(15)19(23)21(13(3)20-18)8-7-12(2)22/h5-6,9-10H,7-8H2,1-4H3. The Morgan fingerprint density at radius 2 is 2.08 bits per heavy atom. The van der Waals surface area contributed by atoms with Gasteiger partial charge in [0.15, 0.2) is 0 Å². The van der Waals surface area contributed by atoms with Gasteiger partial charge in [0.25, 0.3) is 5.56 Å². The topological polar surface area (TPSA) is 61.2 Å². The van der Waals surface area contributed by atoms with Gasteiger partial charge in [0, 0.05) is 23.9 Å². The highest BCUT2D eigenvalue weighted by Gasteiger charge is 2.16. The molecule has 0 radical (unpaired) electrons. The van der Waals surface area contributed by atoms with Gasteiger partial charge < -0.3 is 4.74 Å². The van der Waals surface area contributed by atoms with E-state index in [2.05, 4.69) is 4.98 Å². The number of aromatic nitrogens is 2. The van der Waals surface area contributed by atoms with E-state index in [1.54, 1.807) is 18.6 Å². The van der Waals surface area contributed by atoms with Crippen LogP contribution in [0.5, 0.6) is 5.75 Å². The molecule has 2 aromatic heterocycles. The quantitative estimate of drug-likeness (QED) is 0.699. The van der Waals surface area contributed by atoms with E-state index in [0.717, 1.165) is 27.3 Å². The minimum atomic E-state index is -0.0894. The largest absolute Gasteiger partial charge is 0.496 e. The van der Waals surface area contributed by atoms with Crippen molar-refractivity contribution in [1.82, 2.24) is 9.55 Å². The number of methoxy groups -OCH3 is 1. The summed E-state index contributed by atoms with van der Waals surface area (Å²) in [6, 6.07) is 5.87. The van der Waals surface area contributed by atoms with Crippen LogP contribution < -0.4 is 10.3 Å². The maximum absolute atomic E-state index is 13.0. The van der Waals surface area contributed by atoms with Gasteiger partial charge in [0.1, 0.15) is 22.2 Å². The highest BCUT2D eigenvalue weighted by atomic mass is 32.1. The minimum Gasteiger partial charge on any atom is -0.496 e. The Morgan fingerprint density at radius 1 is 1.32 bits per heavy atom. The van der Waals surface area contributed by atoms with Crippen molar-refractivity contribution in [3.8, 4) is 16.9 Å². The van der Waals surface area contributed by atoms with E-state index < -0.39 is 0 Å². The van der Waals surface area contributed by atoms with Gasteiger partial charge in [-0.2, -0.15) is 0 Å². The summed E-state index contributed by atoms with van der Waals surface area (Å²) in [6.45, 7) is 5.67. The van der Waals surface area contributed by atoms with E-state index in [1.165, 1.54) is 18.3 Å². The van der Waals surface area contributed by atoms with Crippen LogP contribution in [0.3, 0.4) is 0 Å². The number of nitrogens with zero attached hydrogens (tertiary/aromatic N) is 2. The third-order valence-electron chi connectivity index (χ3n) is 4.28. The van der Waals surface area contributed by atoms with Gasteiger partial charge in [-0.3, -0.25) is 14.2 Å². The number of fused-ring (bicyclic) bond motifs is 1. The van der Waals surface area contributed by atoms with Gasteiger partial charge in [-0.05, 0) is 44.0 Å². The normalized spacial score (nSPS) is 11.0. The minimum absolute atomic E-state index is 0.0581. The summed E-state index contributed by atoms with van der Waals surface area (Å²) in [4.78, 5) is 29.6. The highest BCUT2D eigenvalue weighted by Crippen LogP contribution is 2.33. The zero-order valence-corrected chi connectivity index (χ0v) is 15.6. The number of thiophene rings is 1. The summed E-state index contributed by atoms with van der Waals surface area (Å²) in [7, 11) is 1.64. The average molecular weight is 356 g/mol. The monoisotopic (exact) mass is 356 g/mol. The second kappa shape index (κ2) is 6.80. The second-order valence-electron chi connectivity index (χ2n) is 6.08. The van der Waals surface area contributed by atoms with Gasteiger partial charge in [0.05, 0.1) is 12.5 Å². The van der Waals surface area contributed by atoms with Crippen LogP contribution in [-0.2, 0) is 11.3 Å². The first kappa shape index (κ1) is 17.4. The third-order valence-corrected chi connectivity index (χ3v) is 5.15. The summed E-state index contributed by atoms with van der Waals surface area (Å²) in [6.07, 6.45) is 0.328. The van der Waals surface area contributed by atoms with Gasteiger partial charge in [0.2, 0.25) is 0 Å². The molecule has 0 amide bonds. The molecule has 25 heavy (non-hydrogen) atoms. The number of carbonyl (C=O) groups excluding carboxylic acids is 1. The van der Waals surface area contributed by atoms with Crippen LogP contribution in [0.1, 0.15) is 24.7 Å². The molecular formula is C19H20N2O3S. The van der Waals surface area contributed by atoms with Crippen LogP contribution in [-0.4, -0.2) is 22.4 Å². The molecule has 3 aromatic rings. The van der Waals surface area contributed by atoms with Crippen molar-refractivity contribution in [2.75, 3.05) is 7.11 Å². The van der Waals surface area contributed by atoms with Crippen molar-refractivity contribution in [1.29, 1.82) is 0 Å². The summed E-state index contributed by atoms with van der Waals surface area (Å²) >= 11 is 1.46. The first-order valence-corrected chi connectivity index (χ1v) is 8.93. The summed E-state index contributed by atoms with van der Waals surface area (Å²) in [5.41, 5.74) is 2.76. The van der Waals surface area contributed by atoms with Crippen molar-refractivity contribution in [2.45, 2.75) is 33.7 Å². The van der Waals surface area contributed by atoms with Crippen LogP contribution >= 0.6 is 11.3 Å². The molecule has 0 bridgehead atoms. The Bertz CT molecular complexity index is 1020. The van der Waals surface area contributed by atoms with Crippen LogP contribution in [0.15, 0.2) is 28.4 Å². The maximum Gasteiger partial charge on any atom is 0.262 e. The molecule has 0 spiro atoms. The number of Topliss-reactive ketones (excluding diaryl/α,β-unsaturated/α-hetero) is 1. The molecule has 0 saturated carbocycles. The van der Waals surface area contributed by atoms with Crippen LogP contribution in [0.2, 0.25) is 0 Å². The predicted octanol–water partition coefficient (Wildman–Crippen LogP) is 3.73. The number of aryl methyl sites for hydroxylation is 2. The number of ether oxygens (including phenoxy) is 1. The lowest BCUT2D eigenvalue weighted by Gasteiger charge is -2.10. The van der Waals surface area contributed by atoms with Crippen molar-refractivity contribution in [3.05, 3.63) is 45.3 Å². The van der Waals surface area contributed by atoms with Gasteiger partial charge in [-0.25, -0.2) is 4.98 Å². The van der Waals surface area contributed by atoms with Crippen molar-refractivity contribution in [3.63, 3.8) is 0 Å². The summed E-state index contributed by atoms with van der Waals surface area (Å²) < 4.78 is 6.90. The fraction of sp³-hybridized carbons (Fsp3) is 0.316. The van der Waals surface area contributed by atoms with Crippen LogP contribution in [0.25, 0.3) is 21.3 Å². The molecule has 0 saturated heterocycles. The number of carbonyl (C=O) groups is 1. The number of rotatable bonds is 5. The molecule has 0 aliphatic heterocycles. The van der Waals surface area contributed by atoms with Crippen molar-refractivity contribution >= 4 is 27.3 Å². The molecule has 0 aliphatic rings. The van der Waals surface area contributed by atoms with Gasteiger partial charge in [-0.15, -0.1) is 11.3 Å². The predicted molar refractivity (Wildman–Crippen MR) is 101 cm³/mol. The van der Waals surface area contributed by atoms with Crippen LogP contribution in [0.4, 0.5) is 0 Å². The number of hydrogen-bond donors (Lipinski definition) is 0. The lowest BCUT2D eigenvalue weighted by atomic mass is 10.0. The molecule has 0 aliphatic carbocycles. The molecule has 5 nitrogen and oxygen atoms in total. The molecule has 0 N–H and O–H groups in total. The van der Waals surface area contributed by atoms with E-state index in [-0.39, 0.29) is 11.3 Å². The molecular weight excluding hydrogens is 336 g/mol. The van der Waals surface area contributed by atoms with Crippen LogP contribution in [0, 0.1) is 13.8 Å². The maximum atomic E-state index is 13.0. The zero-order chi connectivity index (χ0) is 18.1. The highest BCUT2D eigenvalue weighted by molar-refractivity contribution is 7.17. The van der Waals surface area contributed by atoms with E-state index in [1.807, 2.05) is 30.5 Å². The van der Waals surface area contributed by atoms with Crippen molar-refractivity contribution in [2.24, 2.45) is 0 Å². The lowest BCUT2D eigenvalue weighted by molar-refractivity contribution is -0.117. The molecule has 2 heterocycles. The fourth-order valence-electron chi connectivity index (χ4n) is 2.92. The van der Waals surface area contributed by atoms with E-state index in [4.69, 9.17) is 4.74 Å². The number of hydrogen-bond acceptors (Lipinski definition) is 5. The number of benzene rings is 1. The second-order valence-corrected chi connectivity index (χ2v) is 6.94. The summed E-state index contributed by atoms with van der Waals surface area (Å²) in [5, 5.41) is 2.58. The smallest absolute Gasteiger partial charge is 0.262 e. The molecule has 0 fully saturated rings. The molecule has 6 heteroatoms. The molecule has 0 unspecified atom stereocenters. The molecule has 3 rings (SSSR count). The summed E-state index contributed by atoms with van der Waals surface area (Å²) in [5.74, 6) is 1.51. The van der Waals surface area contributed by atoms with Gasteiger partial charge in [-0.1, -0.05) is 6.07 Å². The Morgan fingerprint density at radius 3 is 2.72 bits per heavy atom. The Labute approximate surface area is 149 Å². The Kier molecular flexibility index (Phi) is 4.72. The molecule has 130 valence electrons. The number of ketones is 1. The lowest BCUT2D eigenvalue weighted by Crippen LogP contribution is -2.24. The zero-order valence-electron chi connectivity index (χ0n) is 14.8. The Hall–Kier alpha value is -2.47. The third kappa shape index (κ3) is 3.22. The fourth-order valence-corrected chi connectivity index (χ4v) is 3.90. The van der Waals surface area contributed by atoms with E-state index >= 15 is 0 Å². The molecule has 1 aromatic carbocycles. The first-order chi connectivity index (χ1) is 11.9. The molecule has 0 atom stereocenters.